The van der Waals surface area contributed by atoms with Gasteiger partial charge in [-0.1, -0.05) is 189 Å². The number of rotatable bonds is 46. The summed E-state index contributed by atoms with van der Waals surface area (Å²) in [6.45, 7) is 4.78. The lowest BCUT2D eigenvalue weighted by molar-refractivity contribution is -0.154. The summed E-state index contributed by atoms with van der Waals surface area (Å²) in [4.78, 5) is 22.6. The zero-order valence-corrected chi connectivity index (χ0v) is 39.6. The highest BCUT2D eigenvalue weighted by Gasteiger charge is 2.25. The number of unbranched alkanes of at least 4 members (excludes halogenated alkanes) is 21. The lowest BCUT2D eigenvalue weighted by Gasteiger charge is -2.20. The van der Waals surface area contributed by atoms with Crippen LogP contribution in [0, 0.1) is 0 Å². The molecule has 0 fully saturated rings. The fourth-order valence-electron chi connectivity index (χ4n) is 6.55. The first-order valence-corrected chi connectivity index (χ1v) is 25.9. The SMILES string of the molecule is CC/C=C\C/C=C\C/C=C\C/C=C\C/C=C\CCCCCCCCCCOCC(COP(=O)(O)OCCN)OC(=O)CCCCCCCCC/C=C\CCCCCCCC. The van der Waals surface area contributed by atoms with Gasteiger partial charge in [-0.3, -0.25) is 13.8 Å². The van der Waals surface area contributed by atoms with E-state index in [1.54, 1.807) is 0 Å². The molecule has 8 nitrogen and oxygen atoms in total. The van der Waals surface area contributed by atoms with Crippen LogP contribution in [0.3, 0.4) is 0 Å². The maximum Gasteiger partial charge on any atom is 0.472 e. The molecule has 2 unspecified atom stereocenters. The molecule has 0 aliphatic heterocycles. The van der Waals surface area contributed by atoms with Gasteiger partial charge < -0.3 is 20.1 Å². The van der Waals surface area contributed by atoms with Gasteiger partial charge in [-0.2, -0.15) is 0 Å². The van der Waals surface area contributed by atoms with Crippen molar-refractivity contribution in [2.75, 3.05) is 33.0 Å². The first-order chi connectivity index (χ1) is 29.4. The van der Waals surface area contributed by atoms with Crippen LogP contribution in [-0.4, -0.2) is 49.9 Å². The molecule has 0 saturated heterocycles. The number of nitrogens with two attached hydrogens (primary N) is 1. The van der Waals surface area contributed by atoms with E-state index in [0.29, 0.717) is 13.0 Å². The van der Waals surface area contributed by atoms with Crippen LogP contribution in [0.2, 0.25) is 0 Å². The molecule has 0 aliphatic carbocycles. The number of allylic oxidation sites excluding steroid dienone is 12. The second-order valence-electron chi connectivity index (χ2n) is 15.9. The van der Waals surface area contributed by atoms with Crippen LogP contribution in [-0.2, 0) is 27.9 Å². The summed E-state index contributed by atoms with van der Waals surface area (Å²) in [6.07, 6.45) is 60.7. The molecule has 0 saturated carbocycles. The van der Waals surface area contributed by atoms with E-state index in [2.05, 4.69) is 86.8 Å². The highest BCUT2D eigenvalue weighted by molar-refractivity contribution is 7.47. The van der Waals surface area contributed by atoms with Crippen molar-refractivity contribution in [1.82, 2.24) is 0 Å². The van der Waals surface area contributed by atoms with Gasteiger partial charge in [0.2, 0.25) is 0 Å². The van der Waals surface area contributed by atoms with Crippen molar-refractivity contribution in [1.29, 1.82) is 0 Å². The number of ether oxygens (including phenoxy) is 2. The molecule has 0 heterocycles. The highest BCUT2D eigenvalue weighted by Crippen LogP contribution is 2.43. The Morgan fingerprint density at radius 3 is 1.42 bits per heavy atom. The van der Waals surface area contributed by atoms with Gasteiger partial charge >= 0.3 is 13.8 Å². The van der Waals surface area contributed by atoms with E-state index in [0.717, 1.165) is 70.6 Å². The molecular weight excluding hydrogens is 770 g/mol. The van der Waals surface area contributed by atoms with Gasteiger partial charge in [0, 0.05) is 19.6 Å². The fraction of sp³-hybridized carbons (Fsp3) is 0.745. The third kappa shape index (κ3) is 47.0. The van der Waals surface area contributed by atoms with E-state index in [1.807, 2.05) is 0 Å². The third-order valence-corrected chi connectivity index (χ3v) is 11.1. The second-order valence-corrected chi connectivity index (χ2v) is 17.4. The van der Waals surface area contributed by atoms with Gasteiger partial charge in [-0.25, -0.2) is 4.57 Å². The lowest BCUT2D eigenvalue weighted by Crippen LogP contribution is -2.28. The maximum absolute atomic E-state index is 12.6. The van der Waals surface area contributed by atoms with Crippen molar-refractivity contribution in [2.24, 2.45) is 5.73 Å². The summed E-state index contributed by atoms with van der Waals surface area (Å²) >= 11 is 0. The molecule has 0 amide bonds. The summed E-state index contributed by atoms with van der Waals surface area (Å²) in [5.41, 5.74) is 5.38. The van der Waals surface area contributed by atoms with E-state index in [9.17, 15) is 14.3 Å². The Bertz CT molecular complexity index is 1150. The normalized spacial score (nSPS) is 14.0. The summed E-state index contributed by atoms with van der Waals surface area (Å²) in [6, 6.07) is 0. The average Bonchev–Trinajstić information content (AvgIpc) is 3.24. The minimum atomic E-state index is -4.29. The first-order valence-electron chi connectivity index (χ1n) is 24.4. The zero-order valence-electron chi connectivity index (χ0n) is 38.7. The molecule has 0 aliphatic rings. The molecule has 0 rings (SSSR count). The number of carbonyl (C=O) groups is 1. The molecule has 60 heavy (non-hydrogen) atoms. The summed E-state index contributed by atoms with van der Waals surface area (Å²) < 4.78 is 33.5. The molecule has 348 valence electrons. The van der Waals surface area contributed by atoms with Crippen molar-refractivity contribution >= 4 is 13.8 Å². The molecule has 0 aromatic heterocycles. The van der Waals surface area contributed by atoms with Crippen LogP contribution < -0.4 is 5.73 Å². The van der Waals surface area contributed by atoms with Crippen LogP contribution >= 0.6 is 7.82 Å². The van der Waals surface area contributed by atoms with Gasteiger partial charge in [-0.15, -0.1) is 0 Å². The van der Waals surface area contributed by atoms with Crippen LogP contribution in [0.25, 0.3) is 0 Å². The van der Waals surface area contributed by atoms with Crippen molar-refractivity contribution in [3.8, 4) is 0 Å². The Labute approximate surface area is 369 Å². The number of hydrogen-bond acceptors (Lipinski definition) is 7. The Morgan fingerprint density at radius 1 is 0.517 bits per heavy atom. The fourth-order valence-corrected chi connectivity index (χ4v) is 7.31. The van der Waals surface area contributed by atoms with Crippen LogP contribution in [0.4, 0.5) is 0 Å². The largest absolute Gasteiger partial charge is 0.472 e. The summed E-state index contributed by atoms with van der Waals surface area (Å²) in [5.74, 6) is -0.339. The number of phosphoric acid groups is 1. The van der Waals surface area contributed by atoms with E-state index in [-0.39, 0.29) is 32.3 Å². The average molecular weight is 862 g/mol. The van der Waals surface area contributed by atoms with E-state index >= 15 is 0 Å². The molecule has 0 bridgehead atoms. The van der Waals surface area contributed by atoms with Crippen molar-refractivity contribution in [3.05, 3.63) is 72.9 Å². The van der Waals surface area contributed by atoms with E-state index in [4.69, 9.17) is 24.3 Å². The Hall–Kier alpha value is -2.06. The van der Waals surface area contributed by atoms with Crippen LogP contribution in [0.5, 0.6) is 0 Å². The van der Waals surface area contributed by atoms with Gasteiger partial charge in [0.1, 0.15) is 6.10 Å². The third-order valence-electron chi connectivity index (χ3n) is 10.1. The molecular formula is C51H92NO7P. The maximum atomic E-state index is 12.6. The Kier molecular flexibility index (Phi) is 46.3. The predicted molar refractivity (Wildman–Crippen MR) is 256 cm³/mol. The topological polar surface area (TPSA) is 117 Å². The Balaban J connectivity index is 4.00. The van der Waals surface area contributed by atoms with E-state index in [1.165, 1.54) is 116 Å². The molecule has 0 spiro atoms. The number of carbonyl (C=O) groups excluding carboxylic acids is 1. The quantitative estimate of drug-likeness (QED) is 0.0269. The number of hydrogen-bond donors (Lipinski definition) is 2. The van der Waals surface area contributed by atoms with Gasteiger partial charge in [0.15, 0.2) is 0 Å². The molecule has 0 aromatic rings. The highest BCUT2D eigenvalue weighted by atomic mass is 31.2. The van der Waals surface area contributed by atoms with Gasteiger partial charge in [-0.05, 0) is 83.5 Å². The standard InChI is InChI=1S/C51H92NO7P/c1-3-5-7-9-11-13-15-17-19-21-22-23-24-25-26-27-29-31-33-35-37-39-41-43-46-56-48-50(49-58-60(54,55)57-47-45-52)59-51(53)44-42-40-38-36-34-32-30-28-20-18-16-14-12-10-8-6-4-2/h5,7,11,13,17-20,22-23,25-26,50H,3-4,6,8-10,12,14-16,21,24,27-49,52H2,1-2H3,(H,54,55)/b7-5-,13-11-,19-17-,20-18-,23-22-,26-25-. The first kappa shape index (κ1) is 57.9. The van der Waals surface area contributed by atoms with Gasteiger partial charge in [0.05, 0.1) is 19.8 Å². The number of phosphoric ester groups is 1. The van der Waals surface area contributed by atoms with E-state index < -0.39 is 13.9 Å². The minimum absolute atomic E-state index is 0.0952. The molecule has 9 heteroatoms. The van der Waals surface area contributed by atoms with Crippen LogP contribution in [0.15, 0.2) is 72.9 Å². The summed E-state index contributed by atoms with van der Waals surface area (Å²) in [7, 11) is -4.29. The molecule has 0 aromatic carbocycles. The van der Waals surface area contributed by atoms with Crippen molar-refractivity contribution in [3.63, 3.8) is 0 Å². The molecule has 0 radical (unpaired) electrons. The second kappa shape index (κ2) is 48.0. The number of esters is 1. The lowest BCUT2D eigenvalue weighted by atomic mass is 10.1. The minimum Gasteiger partial charge on any atom is -0.457 e. The molecule has 3 N–H and O–H groups in total. The van der Waals surface area contributed by atoms with Crippen LogP contribution in [0.1, 0.15) is 206 Å². The smallest absolute Gasteiger partial charge is 0.457 e. The predicted octanol–water partition coefficient (Wildman–Crippen LogP) is 15.1. The van der Waals surface area contributed by atoms with Crippen molar-refractivity contribution < 1.29 is 32.8 Å². The molecule has 2 atom stereocenters. The van der Waals surface area contributed by atoms with Crippen molar-refractivity contribution in [2.45, 2.75) is 213 Å². The Morgan fingerprint density at radius 2 is 0.933 bits per heavy atom. The van der Waals surface area contributed by atoms with Gasteiger partial charge in [0.25, 0.3) is 0 Å². The monoisotopic (exact) mass is 862 g/mol. The summed E-state index contributed by atoms with van der Waals surface area (Å²) in [5, 5.41) is 0. The zero-order chi connectivity index (χ0) is 43.7.